The van der Waals surface area contributed by atoms with Crippen molar-refractivity contribution in [3.8, 4) is 0 Å². The number of hydrogen-bond acceptors (Lipinski definition) is 4. The van der Waals surface area contributed by atoms with Gasteiger partial charge in [0, 0.05) is 0 Å². The first-order valence-corrected chi connectivity index (χ1v) is 5.73. The fourth-order valence-electron chi connectivity index (χ4n) is 1.52. The van der Waals surface area contributed by atoms with Gasteiger partial charge in [0.1, 0.15) is 16.8 Å². The third-order valence-electron chi connectivity index (χ3n) is 2.28. The van der Waals surface area contributed by atoms with Crippen LogP contribution < -0.4 is 0 Å². The quantitative estimate of drug-likeness (QED) is 0.746. The summed E-state index contributed by atoms with van der Waals surface area (Å²) in [6, 6.07) is 1.94. The van der Waals surface area contributed by atoms with E-state index in [1.807, 2.05) is 0 Å². The summed E-state index contributed by atoms with van der Waals surface area (Å²) in [5, 5.41) is 3.71. The van der Waals surface area contributed by atoms with E-state index < -0.39 is 23.6 Å². The molecule has 0 N–H and O–H groups in total. The van der Waals surface area contributed by atoms with Crippen molar-refractivity contribution < 1.29 is 22.7 Å². The Hall–Kier alpha value is -2.12. The van der Waals surface area contributed by atoms with Crippen molar-refractivity contribution >= 4 is 17.1 Å². The molecule has 0 aliphatic heterocycles. The summed E-state index contributed by atoms with van der Waals surface area (Å²) in [7, 11) is 0. The zero-order valence-corrected chi connectivity index (χ0v) is 11.0. The predicted octanol–water partition coefficient (Wildman–Crippen LogP) is 3.23. The van der Waals surface area contributed by atoms with Crippen LogP contribution in [0.3, 0.4) is 0 Å². The Balaban J connectivity index is 2.41. The van der Waals surface area contributed by atoms with E-state index in [9.17, 15) is 18.0 Å². The number of hydrogen-bond donors (Lipinski definition) is 0. The number of nitrogens with zero attached hydrogens (tertiary/aromatic N) is 3. The van der Waals surface area contributed by atoms with Gasteiger partial charge in [0.15, 0.2) is 0 Å². The molecule has 5 nitrogen and oxygen atoms in total. The van der Waals surface area contributed by atoms with Crippen LogP contribution in [0.4, 0.5) is 18.0 Å². The number of alkyl halides is 3. The van der Waals surface area contributed by atoms with Crippen LogP contribution in [0.5, 0.6) is 0 Å². The van der Waals surface area contributed by atoms with Gasteiger partial charge in [-0.2, -0.15) is 23.0 Å². The number of carbonyl (C=O) groups is 1. The Morgan fingerprint density at radius 2 is 1.90 bits per heavy atom. The highest BCUT2D eigenvalue weighted by molar-refractivity contribution is 5.85. The summed E-state index contributed by atoms with van der Waals surface area (Å²) in [4.78, 5) is 15.3. The van der Waals surface area contributed by atoms with Crippen LogP contribution in [0, 0.1) is 0 Å². The van der Waals surface area contributed by atoms with Crippen LogP contribution in [0.25, 0.3) is 11.0 Å². The number of ether oxygens (including phenoxy) is 1. The summed E-state index contributed by atoms with van der Waals surface area (Å²) in [6.07, 6.45) is -4.22. The zero-order valence-electron chi connectivity index (χ0n) is 11.0. The molecule has 0 amide bonds. The average Bonchev–Trinajstić information content (AvgIpc) is 2.67. The minimum Gasteiger partial charge on any atom is -0.442 e. The standard InChI is InChI=1S/C12H12F3N3O2/c1-11(2,3)20-10(19)18-8-4-5-9(12(13,14)15)17-7(8)6-16-18/h4-6H,1-3H3. The Morgan fingerprint density at radius 1 is 1.25 bits per heavy atom. The van der Waals surface area contributed by atoms with Gasteiger partial charge < -0.3 is 4.74 Å². The lowest BCUT2D eigenvalue weighted by atomic mass is 10.2. The molecule has 0 radical (unpaired) electrons. The molecule has 108 valence electrons. The molecule has 0 fully saturated rings. The molecular weight excluding hydrogens is 275 g/mol. The molecule has 0 saturated heterocycles. The fourth-order valence-corrected chi connectivity index (χ4v) is 1.52. The highest BCUT2D eigenvalue weighted by Crippen LogP contribution is 2.29. The molecule has 2 aromatic heterocycles. The van der Waals surface area contributed by atoms with Gasteiger partial charge in [-0.15, -0.1) is 0 Å². The third kappa shape index (κ3) is 2.89. The maximum absolute atomic E-state index is 12.5. The molecule has 20 heavy (non-hydrogen) atoms. The fraction of sp³-hybridized carbons (Fsp3) is 0.417. The summed E-state index contributed by atoms with van der Waals surface area (Å²) in [5.74, 6) is 0. The normalized spacial score (nSPS) is 12.7. The SMILES string of the molecule is CC(C)(C)OC(=O)n1ncc2nc(C(F)(F)F)ccc21. The minimum absolute atomic E-state index is 0.0225. The van der Waals surface area contributed by atoms with E-state index in [0.29, 0.717) is 0 Å². The summed E-state index contributed by atoms with van der Waals surface area (Å²) in [6.45, 7) is 5.03. The predicted molar refractivity (Wildman–Crippen MR) is 64.2 cm³/mol. The Morgan fingerprint density at radius 3 is 2.45 bits per heavy atom. The molecule has 2 heterocycles. The van der Waals surface area contributed by atoms with E-state index in [2.05, 4.69) is 10.1 Å². The highest BCUT2D eigenvalue weighted by Gasteiger charge is 2.33. The second-order valence-electron chi connectivity index (χ2n) is 5.14. The van der Waals surface area contributed by atoms with Gasteiger partial charge in [-0.25, -0.2) is 9.78 Å². The number of aromatic nitrogens is 3. The smallest absolute Gasteiger partial charge is 0.435 e. The molecule has 2 rings (SSSR count). The Kier molecular flexibility index (Phi) is 3.19. The Labute approximate surface area is 112 Å². The summed E-state index contributed by atoms with van der Waals surface area (Å²) >= 11 is 0. The maximum Gasteiger partial charge on any atom is 0.435 e. The van der Waals surface area contributed by atoms with E-state index >= 15 is 0 Å². The minimum atomic E-state index is -4.54. The number of rotatable bonds is 0. The van der Waals surface area contributed by atoms with E-state index in [4.69, 9.17) is 4.74 Å². The van der Waals surface area contributed by atoms with Crippen molar-refractivity contribution in [2.45, 2.75) is 32.5 Å². The van der Waals surface area contributed by atoms with E-state index in [1.54, 1.807) is 20.8 Å². The molecule has 2 aromatic rings. The highest BCUT2D eigenvalue weighted by atomic mass is 19.4. The maximum atomic E-state index is 12.5. The third-order valence-corrected chi connectivity index (χ3v) is 2.28. The number of halogens is 3. The van der Waals surface area contributed by atoms with E-state index in [1.165, 1.54) is 0 Å². The van der Waals surface area contributed by atoms with Crippen LogP contribution in [0.1, 0.15) is 26.5 Å². The first kappa shape index (κ1) is 14.3. The van der Waals surface area contributed by atoms with Crippen molar-refractivity contribution in [2.75, 3.05) is 0 Å². The van der Waals surface area contributed by atoms with Gasteiger partial charge in [0.2, 0.25) is 0 Å². The van der Waals surface area contributed by atoms with Crippen molar-refractivity contribution in [2.24, 2.45) is 0 Å². The largest absolute Gasteiger partial charge is 0.442 e. The summed E-state index contributed by atoms with van der Waals surface area (Å²) in [5.41, 5.74) is -1.62. The van der Waals surface area contributed by atoms with Gasteiger partial charge in [0.25, 0.3) is 0 Å². The van der Waals surface area contributed by atoms with Crippen LogP contribution in [-0.4, -0.2) is 26.5 Å². The van der Waals surface area contributed by atoms with E-state index in [-0.39, 0.29) is 11.0 Å². The molecule has 0 spiro atoms. The monoisotopic (exact) mass is 287 g/mol. The van der Waals surface area contributed by atoms with Crippen LogP contribution in [0.15, 0.2) is 18.3 Å². The summed E-state index contributed by atoms with van der Waals surface area (Å²) < 4.78 is 43.5. The number of pyridine rings is 1. The van der Waals surface area contributed by atoms with Crippen LogP contribution in [-0.2, 0) is 10.9 Å². The molecule has 0 atom stereocenters. The molecular formula is C12H12F3N3O2. The first-order valence-electron chi connectivity index (χ1n) is 5.73. The van der Waals surface area contributed by atoms with Gasteiger partial charge in [0.05, 0.1) is 11.7 Å². The van der Waals surface area contributed by atoms with Crippen molar-refractivity contribution in [1.82, 2.24) is 14.8 Å². The Bertz CT molecular complexity index is 656. The van der Waals surface area contributed by atoms with Crippen molar-refractivity contribution in [1.29, 1.82) is 0 Å². The van der Waals surface area contributed by atoms with Gasteiger partial charge in [-0.1, -0.05) is 0 Å². The second-order valence-corrected chi connectivity index (χ2v) is 5.14. The molecule has 0 unspecified atom stereocenters. The van der Waals surface area contributed by atoms with Crippen molar-refractivity contribution in [3.05, 3.63) is 24.0 Å². The molecule has 8 heteroatoms. The lowest BCUT2D eigenvalue weighted by molar-refractivity contribution is -0.140. The average molecular weight is 287 g/mol. The molecule has 0 aromatic carbocycles. The van der Waals surface area contributed by atoms with Crippen LogP contribution >= 0.6 is 0 Å². The topological polar surface area (TPSA) is 57.0 Å². The first-order chi connectivity index (χ1) is 9.08. The molecule has 0 saturated carbocycles. The zero-order chi connectivity index (χ0) is 15.1. The lowest BCUT2D eigenvalue weighted by Gasteiger charge is -2.19. The lowest BCUT2D eigenvalue weighted by Crippen LogP contribution is -2.27. The number of fused-ring (bicyclic) bond motifs is 1. The molecule has 0 aliphatic carbocycles. The molecule has 0 bridgehead atoms. The van der Waals surface area contributed by atoms with E-state index in [0.717, 1.165) is 23.0 Å². The number of carbonyl (C=O) groups excluding carboxylic acids is 1. The van der Waals surface area contributed by atoms with Crippen LogP contribution in [0.2, 0.25) is 0 Å². The van der Waals surface area contributed by atoms with Gasteiger partial charge in [-0.05, 0) is 32.9 Å². The van der Waals surface area contributed by atoms with Gasteiger partial charge in [-0.3, -0.25) is 0 Å². The molecule has 0 aliphatic rings. The van der Waals surface area contributed by atoms with Crippen molar-refractivity contribution in [3.63, 3.8) is 0 Å². The van der Waals surface area contributed by atoms with Gasteiger partial charge >= 0.3 is 12.3 Å². The second kappa shape index (κ2) is 4.46.